The van der Waals surface area contributed by atoms with Crippen molar-refractivity contribution in [3.63, 3.8) is 0 Å². The third-order valence-corrected chi connectivity index (χ3v) is 4.02. The molecule has 1 aliphatic heterocycles. The minimum absolute atomic E-state index is 0.0786. The van der Waals surface area contributed by atoms with Crippen LogP contribution in [0.3, 0.4) is 0 Å². The van der Waals surface area contributed by atoms with Crippen molar-refractivity contribution in [3.05, 3.63) is 23.8 Å². The minimum Gasteiger partial charge on any atom is -0.504 e. The number of hydrogen-bond acceptors (Lipinski definition) is 4. The third-order valence-electron chi connectivity index (χ3n) is 4.02. The second-order valence-corrected chi connectivity index (χ2v) is 5.57. The van der Waals surface area contributed by atoms with Crippen LogP contribution in [0.5, 0.6) is 11.5 Å². The highest BCUT2D eigenvalue weighted by Crippen LogP contribution is 2.34. The van der Waals surface area contributed by atoms with Crippen LogP contribution in [0.15, 0.2) is 18.2 Å². The molecule has 110 valence electrons. The maximum atomic E-state index is 11.9. The minimum atomic E-state index is -0.344. The van der Waals surface area contributed by atoms with E-state index < -0.39 is 0 Å². The largest absolute Gasteiger partial charge is 0.504 e. The number of hydrogen-bond donors (Lipinski definition) is 2. The predicted molar refractivity (Wildman–Crippen MR) is 76.7 cm³/mol. The molecule has 5 nitrogen and oxygen atoms in total. The second kappa shape index (κ2) is 5.71. The summed E-state index contributed by atoms with van der Waals surface area (Å²) in [6, 6.07) is 5.48. The van der Waals surface area contributed by atoms with E-state index >= 15 is 0 Å². The summed E-state index contributed by atoms with van der Waals surface area (Å²) in [5, 5.41) is 12.8. The molecule has 1 aromatic rings. The van der Waals surface area contributed by atoms with E-state index in [-0.39, 0.29) is 17.1 Å². The Balaban J connectivity index is 2.08. The average molecular weight is 278 g/mol. The lowest BCUT2D eigenvalue weighted by Crippen LogP contribution is -2.39. The predicted octanol–water partition coefficient (Wildman–Crippen LogP) is 1.36. The summed E-state index contributed by atoms with van der Waals surface area (Å²) in [5.41, 5.74) is 0.481. The van der Waals surface area contributed by atoms with Crippen molar-refractivity contribution < 1.29 is 14.6 Å². The summed E-state index contributed by atoms with van der Waals surface area (Å²) in [5.74, 6) is 0.745. The van der Waals surface area contributed by atoms with Gasteiger partial charge in [-0.1, -0.05) is 12.1 Å². The van der Waals surface area contributed by atoms with Gasteiger partial charge in [0.25, 0.3) is 0 Å². The molecular weight excluding hydrogens is 256 g/mol. The van der Waals surface area contributed by atoms with Gasteiger partial charge >= 0.3 is 0 Å². The second-order valence-electron chi connectivity index (χ2n) is 5.57. The van der Waals surface area contributed by atoms with Gasteiger partial charge < -0.3 is 15.2 Å². The van der Waals surface area contributed by atoms with Gasteiger partial charge in [-0.3, -0.25) is 9.69 Å². The number of ether oxygens (including phenoxy) is 1. The summed E-state index contributed by atoms with van der Waals surface area (Å²) in [4.78, 5) is 14.1. The molecule has 0 aliphatic carbocycles. The van der Waals surface area contributed by atoms with Gasteiger partial charge in [-0.05, 0) is 26.0 Å². The first-order valence-electron chi connectivity index (χ1n) is 6.79. The van der Waals surface area contributed by atoms with Gasteiger partial charge in [0.15, 0.2) is 11.5 Å². The molecule has 1 saturated heterocycles. The molecule has 1 fully saturated rings. The molecule has 1 atom stereocenters. The van der Waals surface area contributed by atoms with Gasteiger partial charge in [0.1, 0.15) is 0 Å². The molecule has 20 heavy (non-hydrogen) atoms. The van der Waals surface area contributed by atoms with Gasteiger partial charge in [0.05, 0.1) is 12.5 Å². The number of nitrogens with zero attached hydrogens (tertiary/aromatic N) is 1. The molecule has 1 aromatic carbocycles. The topological polar surface area (TPSA) is 61.8 Å². The first kappa shape index (κ1) is 14.7. The summed E-state index contributed by atoms with van der Waals surface area (Å²) in [6.07, 6.45) is 0.831. The normalized spacial score (nSPS) is 22.8. The van der Waals surface area contributed by atoms with Crippen LogP contribution in [-0.2, 0) is 11.3 Å². The summed E-state index contributed by atoms with van der Waals surface area (Å²) >= 11 is 0. The molecule has 0 bridgehead atoms. The van der Waals surface area contributed by atoms with E-state index in [4.69, 9.17) is 4.74 Å². The number of carbonyl (C=O) groups excluding carboxylic acids is 1. The van der Waals surface area contributed by atoms with E-state index in [0.29, 0.717) is 18.8 Å². The highest BCUT2D eigenvalue weighted by Gasteiger charge is 2.39. The number of methoxy groups -OCH3 is 1. The lowest BCUT2D eigenvalue weighted by molar-refractivity contribution is -0.129. The van der Waals surface area contributed by atoms with E-state index in [2.05, 4.69) is 10.2 Å². The third kappa shape index (κ3) is 2.72. The van der Waals surface area contributed by atoms with E-state index in [0.717, 1.165) is 18.5 Å². The van der Waals surface area contributed by atoms with Crippen molar-refractivity contribution >= 4 is 5.91 Å². The Morgan fingerprint density at radius 3 is 2.95 bits per heavy atom. The van der Waals surface area contributed by atoms with E-state index in [1.807, 2.05) is 19.1 Å². The molecule has 0 spiro atoms. The van der Waals surface area contributed by atoms with Crippen molar-refractivity contribution in [2.45, 2.75) is 19.9 Å². The number of rotatable bonds is 4. The Kier molecular flexibility index (Phi) is 4.18. The number of phenols is 1. The quantitative estimate of drug-likeness (QED) is 0.873. The molecule has 0 saturated carbocycles. The number of likely N-dealkylation sites (tertiary alicyclic amines) is 1. The Morgan fingerprint density at radius 1 is 1.55 bits per heavy atom. The van der Waals surface area contributed by atoms with Crippen LogP contribution in [0.2, 0.25) is 0 Å². The van der Waals surface area contributed by atoms with Gasteiger partial charge in [-0.25, -0.2) is 0 Å². The standard InChI is InChI=1S/C15H22N2O3/c1-15(14(19)16-2)7-8-17(10-15)9-11-5-4-6-12(20-3)13(11)18/h4-6,18H,7-10H2,1-3H3,(H,16,19). The van der Waals surface area contributed by atoms with Crippen molar-refractivity contribution in [1.82, 2.24) is 10.2 Å². The van der Waals surface area contributed by atoms with Crippen LogP contribution in [-0.4, -0.2) is 43.2 Å². The van der Waals surface area contributed by atoms with Crippen molar-refractivity contribution in [2.24, 2.45) is 5.41 Å². The maximum absolute atomic E-state index is 11.9. The van der Waals surface area contributed by atoms with Crippen LogP contribution in [0, 0.1) is 5.41 Å². The fourth-order valence-electron chi connectivity index (χ4n) is 2.78. The van der Waals surface area contributed by atoms with Gasteiger partial charge in [0, 0.05) is 25.7 Å². The van der Waals surface area contributed by atoms with E-state index in [1.54, 1.807) is 13.1 Å². The highest BCUT2D eigenvalue weighted by atomic mass is 16.5. The molecule has 1 aliphatic rings. The fraction of sp³-hybridized carbons (Fsp3) is 0.533. The zero-order valence-electron chi connectivity index (χ0n) is 12.3. The van der Waals surface area contributed by atoms with Crippen molar-refractivity contribution in [3.8, 4) is 11.5 Å². The van der Waals surface area contributed by atoms with Crippen LogP contribution in [0.4, 0.5) is 0 Å². The van der Waals surface area contributed by atoms with Crippen LogP contribution in [0.1, 0.15) is 18.9 Å². The molecule has 1 amide bonds. The van der Waals surface area contributed by atoms with E-state index in [1.165, 1.54) is 7.11 Å². The van der Waals surface area contributed by atoms with Gasteiger partial charge in [-0.15, -0.1) is 0 Å². The number of nitrogens with one attached hydrogen (secondary N) is 1. The smallest absolute Gasteiger partial charge is 0.227 e. The van der Waals surface area contributed by atoms with Gasteiger partial charge in [0.2, 0.25) is 5.91 Å². The molecular formula is C15H22N2O3. The number of carbonyl (C=O) groups is 1. The molecule has 5 heteroatoms. The number of benzene rings is 1. The van der Waals surface area contributed by atoms with Crippen LogP contribution in [0.25, 0.3) is 0 Å². The molecule has 1 unspecified atom stereocenters. The van der Waals surface area contributed by atoms with Crippen LogP contribution < -0.4 is 10.1 Å². The maximum Gasteiger partial charge on any atom is 0.227 e. The molecule has 2 N–H and O–H groups in total. The monoisotopic (exact) mass is 278 g/mol. The highest BCUT2D eigenvalue weighted by molar-refractivity contribution is 5.82. The van der Waals surface area contributed by atoms with Crippen LogP contribution >= 0.6 is 0 Å². The van der Waals surface area contributed by atoms with Crippen molar-refractivity contribution in [2.75, 3.05) is 27.2 Å². The zero-order chi connectivity index (χ0) is 14.8. The molecule has 2 rings (SSSR count). The lowest BCUT2D eigenvalue weighted by atomic mass is 9.89. The lowest BCUT2D eigenvalue weighted by Gasteiger charge is -2.23. The number of amides is 1. The Bertz CT molecular complexity index is 504. The number of phenolic OH excluding ortho intramolecular Hbond substituents is 1. The average Bonchev–Trinajstić information content (AvgIpc) is 2.83. The van der Waals surface area contributed by atoms with E-state index in [9.17, 15) is 9.90 Å². The Hall–Kier alpha value is -1.75. The number of aromatic hydroxyl groups is 1. The summed E-state index contributed by atoms with van der Waals surface area (Å²) < 4.78 is 5.11. The first-order chi connectivity index (χ1) is 9.50. The molecule has 1 heterocycles. The number of para-hydroxylation sites is 1. The SMILES string of the molecule is CNC(=O)C1(C)CCN(Cc2cccc(OC)c2O)C1. The first-order valence-corrected chi connectivity index (χ1v) is 6.79. The summed E-state index contributed by atoms with van der Waals surface area (Å²) in [6.45, 7) is 4.15. The summed E-state index contributed by atoms with van der Waals surface area (Å²) in [7, 11) is 3.21. The zero-order valence-corrected chi connectivity index (χ0v) is 12.3. The van der Waals surface area contributed by atoms with Crippen molar-refractivity contribution in [1.29, 1.82) is 0 Å². The molecule has 0 aromatic heterocycles. The fourth-order valence-corrected chi connectivity index (χ4v) is 2.78. The molecule has 0 radical (unpaired) electrons. The van der Waals surface area contributed by atoms with Gasteiger partial charge in [-0.2, -0.15) is 0 Å². The Labute approximate surface area is 119 Å². The Morgan fingerprint density at radius 2 is 2.30 bits per heavy atom.